The minimum absolute atomic E-state index is 0.0311. The summed E-state index contributed by atoms with van der Waals surface area (Å²) in [6.07, 6.45) is 36.4. The van der Waals surface area contributed by atoms with Crippen LogP contribution in [-0.2, 0) is 32.7 Å². The number of hydrogen-bond donors (Lipinski definition) is 1. The largest absolute Gasteiger partial charge is 0.472 e. The van der Waals surface area contributed by atoms with Crippen molar-refractivity contribution in [1.82, 2.24) is 0 Å². The highest BCUT2D eigenvalue weighted by molar-refractivity contribution is 7.47. The second-order valence-electron chi connectivity index (χ2n) is 15.4. The Kier molecular flexibility index (Phi) is 34.2. The van der Waals surface area contributed by atoms with E-state index in [1.165, 1.54) is 89.9 Å². The molecule has 0 saturated carbocycles. The minimum Gasteiger partial charge on any atom is -0.462 e. The van der Waals surface area contributed by atoms with Gasteiger partial charge in [0.2, 0.25) is 0 Å². The molecule has 52 heavy (non-hydrogen) atoms. The van der Waals surface area contributed by atoms with Gasteiger partial charge in [-0.25, -0.2) is 4.57 Å². The summed E-state index contributed by atoms with van der Waals surface area (Å²) >= 11 is 0. The van der Waals surface area contributed by atoms with Gasteiger partial charge < -0.3 is 18.9 Å². The first-order chi connectivity index (χ1) is 25.0. The smallest absolute Gasteiger partial charge is 0.462 e. The van der Waals surface area contributed by atoms with Crippen molar-refractivity contribution in [3.8, 4) is 0 Å². The van der Waals surface area contributed by atoms with Crippen LogP contribution in [0.25, 0.3) is 0 Å². The van der Waals surface area contributed by atoms with Gasteiger partial charge in [-0.15, -0.1) is 0 Å². The van der Waals surface area contributed by atoms with E-state index in [4.69, 9.17) is 18.5 Å². The van der Waals surface area contributed by atoms with Crippen LogP contribution in [0.5, 0.6) is 0 Å². The zero-order chi connectivity index (χ0) is 38.6. The molecular formula is C42H81NO8P+. The molecule has 0 amide bonds. The van der Waals surface area contributed by atoms with Gasteiger partial charge in [-0.05, 0) is 38.5 Å². The number of phosphoric acid groups is 1. The standard InChI is InChI=1S/C42H80NO8P/c1-6-8-10-12-14-16-18-20-22-24-26-28-30-32-34-41(44)48-38-40(39-50-52(46,47)49-37-36-43(3,4)5)51-42(45)35-33-31-29-27-25-23-21-19-17-15-13-11-9-7-2/h12,14,18,20,40H,6-11,13,15-17,19,21-39H2,1-5H3/p+1/b14-12-,20-18-/t40-/m1/s1. The molecule has 0 spiro atoms. The zero-order valence-electron chi connectivity index (χ0n) is 34.3. The molecule has 9 nitrogen and oxygen atoms in total. The number of hydrogen-bond acceptors (Lipinski definition) is 7. The molecule has 0 bridgehead atoms. The van der Waals surface area contributed by atoms with Gasteiger partial charge in [0.1, 0.15) is 19.8 Å². The molecule has 0 radical (unpaired) electrons. The predicted octanol–water partition coefficient (Wildman–Crippen LogP) is 11.6. The van der Waals surface area contributed by atoms with Crippen molar-refractivity contribution in [2.45, 2.75) is 187 Å². The summed E-state index contributed by atoms with van der Waals surface area (Å²) < 4.78 is 34.2. The van der Waals surface area contributed by atoms with Crippen LogP contribution in [0, 0.1) is 0 Å². The molecule has 0 aliphatic rings. The SMILES string of the molecule is CCCC/C=C\C/C=C\CCCCCCCC(=O)OC[C@H](COP(=O)(O)OCC[N+](C)(C)C)OC(=O)CCCCCCCCCCCCCCCC. The molecule has 0 aromatic heterocycles. The van der Waals surface area contributed by atoms with Gasteiger partial charge in [-0.3, -0.25) is 18.6 Å². The van der Waals surface area contributed by atoms with Crippen LogP contribution in [0.3, 0.4) is 0 Å². The number of rotatable bonds is 38. The molecule has 0 fully saturated rings. The third-order valence-electron chi connectivity index (χ3n) is 8.98. The lowest BCUT2D eigenvalue weighted by molar-refractivity contribution is -0.870. The van der Waals surface area contributed by atoms with E-state index in [2.05, 4.69) is 38.2 Å². The molecule has 0 rings (SSSR count). The van der Waals surface area contributed by atoms with Crippen LogP contribution < -0.4 is 0 Å². The van der Waals surface area contributed by atoms with Crippen molar-refractivity contribution in [1.29, 1.82) is 0 Å². The molecule has 0 aliphatic heterocycles. The number of quaternary nitrogens is 1. The summed E-state index contributed by atoms with van der Waals surface area (Å²) in [5.74, 6) is -0.810. The van der Waals surface area contributed by atoms with Gasteiger partial charge in [0, 0.05) is 12.8 Å². The minimum atomic E-state index is -4.37. The van der Waals surface area contributed by atoms with E-state index in [-0.39, 0.29) is 32.0 Å². The van der Waals surface area contributed by atoms with Crippen molar-refractivity contribution >= 4 is 19.8 Å². The van der Waals surface area contributed by atoms with E-state index in [0.717, 1.165) is 57.8 Å². The van der Waals surface area contributed by atoms with Crippen molar-refractivity contribution < 1.29 is 42.1 Å². The van der Waals surface area contributed by atoms with E-state index >= 15 is 0 Å². The average Bonchev–Trinajstić information content (AvgIpc) is 3.09. The Morgan fingerprint density at radius 1 is 0.596 bits per heavy atom. The van der Waals surface area contributed by atoms with Crippen LogP contribution in [0.4, 0.5) is 0 Å². The molecule has 0 aliphatic carbocycles. The van der Waals surface area contributed by atoms with E-state index < -0.39 is 26.5 Å². The normalized spacial score (nSPS) is 13.9. The lowest BCUT2D eigenvalue weighted by atomic mass is 10.0. The number of esters is 2. The number of carbonyl (C=O) groups excluding carboxylic acids is 2. The molecule has 306 valence electrons. The lowest BCUT2D eigenvalue weighted by Crippen LogP contribution is -2.37. The number of nitrogens with zero attached hydrogens (tertiary/aromatic N) is 1. The molecular weight excluding hydrogens is 677 g/mol. The number of unbranched alkanes of at least 4 members (excludes halogenated alkanes) is 20. The molecule has 0 saturated heterocycles. The molecule has 0 heterocycles. The molecule has 1 N–H and O–H groups in total. The first-order valence-corrected chi connectivity index (χ1v) is 22.6. The Bertz CT molecular complexity index is 949. The Morgan fingerprint density at radius 3 is 1.58 bits per heavy atom. The zero-order valence-corrected chi connectivity index (χ0v) is 35.2. The van der Waals surface area contributed by atoms with Crippen molar-refractivity contribution in [2.75, 3.05) is 47.5 Å². The van der Waals surface area contributed by atoms with E-state index in [1.807, 2.05) is 21.1 Å². The van der Waals surface area contributed by atoms with Gasteiger partial charge in [0.05, 0.1) is 27.7 Å². The topological polar surface area (TPSA) is 108 Å². The van der Waals surface area contributed by atoms with E-state index in [0.29, 0.717) is 17.4 Å². The van der Waals surface area contributed by atoms with Crippen LogP contribution in [0.15, 0.2) is 24.3 Å². The number of carbonyl (C=O) groups is 2. The van der Waals surface area contributed by atoms with Crippen LogP contribution in [-0.4, -0.2) is 74.9 Å². The first-order valence-electron chi connectivity index (χ1n) is 21.1. The van der Waals surface area contributed by atoms with E-state index in [9.17, 15) is 19.0 Å². The number of ether oxygens (including phenoxy) is 2. The molecule has 0 aromatic carbocycles. The maximum absolute atomic E-state index is 12.7. The third kappa shape index (κ3) is 38.2. The van der Waals surface area contributed by atoms with Crippen LogP contribution in [0.1, 0.15) is 181 Å². The summed E-state index contributed by atoms with van der Waals surface area (Å²) in [4.78, 5) is 35.3. The molecule has 0 aromatic rings. The number of likely N-dealkylation sites (N-methyl/N-ethyl adjacent to an activating group) is 1. The summed E-state index contributed by atoms with van der Waals surface area (Å²) in [5.41, 5.74) is 0. The fraction of sp³-hybridized carbons (Fsp3) is 0.857. The second-order valence-corrected chi connectivity index (χ2v) is 16.8. The fourth-order valence-electron chi connectivity index (χ4n) is 5.62. The third-order valence-corrected chi connectivity index (χ3v) is 9.97. The van der Waals surface area contributed by atoms with Gasteiger partial charge in [0.25, 0.3) is 0 Å². The highest BCUT2D eigenvalue weighted by Crippen LogP contribution is 2.43. The highest BCUT2D eigenvalue weighted by Gasteiger charge is 2.27. The Morgan fingerprint density at radius 2 is 1.06 bits per heavy atom. The highest BCUT2D eigenvalue weighted by atomic mass is 31.2. The van der Waals surface area contributed by atoms with Crippen molar-refractivity contribution in [2.24, 2.45) is 0 Å². The summed E-state index contributed by atoms with van der Waals surface area (Å²) in [7, 11) is 1.47. The van der Waals surface area contributed by atoms with Gasteiger partial charge in [-0.2, -0.15) is 0 Å². The quantitative estimate of drug-likeness (QED) is 0.0218. The average molecular weight is 759 g/mol. The first kappa shape index (κ1) is 50.5. The summed E-state index contributed by atoms with van der Waals surface area (Å²) in [5, 5.41) is 0. The maximum atomic E-state index is 12.7. The Balaban J connectivity index is 4.40. The van der Waals surface area contributed by atoms with E-state index in [1.54, 1.807) is 0 Å². The number of allylic oxidation sites excluding steroid dienone is 4. The Labute approximate surface area is 319 Å². The lowest BCUT2D eigenvalue weighted by Gasteiger charge is -2.24. The van der Waals surface area contributed by atoms with Gasteiger partial charge in [-0.1, -0.05) is 154 Å². The van der Waals surface area contributed by atoms with Crippen LogP contribution >= 0.6 is 7.82 Å². The molecule has 2 atom stereocenters. The molecule has 1 unspecified atom stereocenters. The summed E-state index contributed by atoms with van der Waals surface area (Å²) in [6, 6.07) is 0. The fourth-order valence-corrected chi connectivity index (χ4v) is 6.36. The van der Waals surface area contributed by atoms with Crippen molar-refractivity contribution in [3.05, 3.63) is 24.3 Å². The summed E-state index contributed by atoms with van der Waals surface area (Å²) in [6.45, 7) is 4.37. The van der Waals surface area contributed by atoms with Crippen molar-refractivity contribution in [3.63, 3.8) is 0 Å². The molecule has 10 heteroatoms. The second kappa shape index (κ2) is 35.2. The van der Waals surface area contributed by atoms with Crippen LogP contribution in [0.2, 0.25) is 0 Å². The van der Waals surface area contributed by atoms with Gasteiger partial charge in [0.15, 0.2) is 6.10 Å². The maximum Gasteiger partial charge on any atom is 0.472 e. The predicted molar refractivity (Wildman–Crippen MR) is 215 cm³/mol. The van der Waals surface area contributed by atoms with Gasteiger partial charge >= 0.3 is 19.8 Å². The monoisotopic (exact) mass is 759 g/mol. The number of phosphoric ester groups is 1. The Hall–Kier alpha value is -1.51.